The van der Waals surface area contributed by atoms with E-state index >= 15 is 0 Å². The van der Waals surface area contributed by atoms with E-state index in [4.69, 9.17) is 38.3 Å². The highest BCUT2D eigenvalue weighted by Gasteiger charge is 2.25. The average Bonchev–Trinajstić information content (AvgIpc) is 3.72. The molecule has 2 aromatic carbocycles. The third-order valence-corrected chi connectivity index (χ3v) is 7.06. The molecule has 0 fully saturated rings. The first-order chi connectivity index (χ1) is 22.2. The topological polar surface area (TPSA) is 156 Å². The highest BCUT2D eigenvalue weighted by Crippen LogP contribution is 2.30. The van der Waals surface area contributed by atoms with Crippen molar-refractivity contribution < 1.29 is 38.3 Å². The Balaban J connectivity index is 0.000000214. The van der Waals surface area contributed by atoms with E-state index < -0.39 is 0 Å². The molecule has 12 nitrogen and oxygen atoms in total. The number of nitrogens with zero attached hydrogens (tertiary/aromatic N) is 4. The molecule has 0 bridgehead atoms. The molecule has 0 aliphatic carbocycles. The molecular formula is C32H26Br2N4O8. The molecule has 0 N–H and O–H groups in total. The maximum Gasteiger partial charge on any atom is 0.373 e. The number of pyridine rings is 2. The summed E-state index contributed by atoms with van der Waals surface area (Å²) in [6.07, 6.45) is 4.94. The SMILES string of the molecule is Cc1ccc(OC2=NO[C@@H](c3ccc(Br)cc3)C2)cn1.Cc1ccc(OC2=NO[C@H](c3ccc(Br)cc3)C2)cn1.O=C=O.O=C=O. The van der Waals surface area contributed by atoms with Gasteiger partial charge < -0.3 is 19.1 Å². The van der Waals surface area contributed by atoms with E-state index in [1.54, 1.807) is 12.4 Å². The van der Waals surface area contributed by atoms with Gasteiger partial charge in [0.25, 0.3) is 0 Å². The van der Waals surface area contributed by atoms with Gasteiger partial charge in [0.1, 0.15) is 11.5 Å². The molecule has 0 saturated heterocycles. The normalized spacial score (nSPS) is 15.6. The van der Waals surface area contributed by atoms with Gasteiger partial charge in [-0.25, -0.2) is 0 Å². The minimum Gasteiger partial charge on any atom is -0.438 e. The van der Waals surface area contributed by atoms with Crippen LogP contribution in [-0.2, 0) is 28.9 Å². The minimum atomic E-state index is -0.0866. The summed E-state index contributed by atoms with van der Waals surface area (Å²) in [7, 11) is 0. The number of carbonyl (C=O) groups excluding carboxylic acids is 4. The first-order valence-electron chi connectivity index (χ1n) is 13.4. The van der Waals surface area contributed by atoms with Crippen LogP contribution >= 0.6 is 31.9 Å². The van der Waals surface area contributed by atoms with Gasteiger partial charge in [0.15, 0.2) is 12.2 Å². The summed E-state index contributed by atoms with van der Waals surface area (Å²) >= 11 is 6.83. The van der Waals surface area contributed by atoms with Crippen LogP contribution in [0.15, 0.2) is 104 Å². The Morgan fingerprint density at radius 1 is 0.609 bits per heavy atom. The number of oxime groups is 2. The summed E-state index contributed by atoms with van der Waals surface area (Å²) in [5, 5.41) is 7.98. The zero-order valence-corrected chi connectivity index (χ0v) is 27.6. The molecule has 0 saturated carbocycles. The molecule has 46 heavy (non-hydrogen) atoms. The predicted octanol–water partition coefficient (Wildman–Crippen LogP) is 6.85. The van der Waals surface area contributed by atoms with Crippen molar-refractivity contribution in [2.24, 2.45) is 10.3 Å². The van der Waals surface area contributed by atoms with Crippen LogP contribution in [-0.4, -0.2) is 34.1 Å². The van der Waals surface area contributed by atoms with Crippen molar-refractivity contribution in [2.75, 3.05) is 0 Å². The second-order valence-corrected chi connectivity index (χ2v) is 11.1. The third-order valence-electron chi connectivity index (χ3n) is 6.01. The average molecular weight is 754 g/mol. The molecule has 2 aliphatic rings. The molecule has 2 atom stereocenters. The Bertz CT molecular complexity index is 1540. The molecule has 0 amide bonds. The Hall–Kier alpha value is -5.00. The highest BCUT2D eigenvalue weighted by molar-refractivity contribution is 9.10. The molecule has 4 aromatic rings. The molecule has 0 spiro atoms. The second kappa shape index (κ2) is 18.7. The van der Waals surface area contributed by atoms with E-state index in [2.05, 4.69) is 52.1 Å². The molecule has 236 valence electrons. The summed E-state index contributed by atoms with van der Waals surface area (Å²) in [5.74, 6) is 2.50. The third kappa shape index (κ3) is 11.8. The van der Waals surface area contributed by atoms with Crippen molar-refractivity contribution in [1.29, 1.82) is 0 Å². The number of aryl methyl sites for hydroxylation is 2. The Kier molecular flexibility index (Phi) is 14.4. The zero-order valence-electron chi connectivity index (χ0n) is 24.5. The molecule has 4 heterocycles. The lowest BCUT2D eigenvalue weighted by Gasteiger charge is -2.08. The minimum absolute atomic E-state index is 0.0866. The summed E-state index contributed by atoms with van der Waals surface area (Å²) in [5.41, 5.74) is 4.07. The molecule has 0 unspecified atom stereocenters. The summed E-state index contributed by atoms with van der Waals surface area (Å²) in [4.78, 5) is 51.7. The largest absolute Gasteiger partial charge is 0.438 e. The van der Waals surface area contributed by atoms with Crippen LogP contribution in [0.5, 0.6) is 11.5 Å². The fourth-order valence-corrected chi connectivity index (χ4v) is 4.37. The van der Waals surface area contributed by atoms with E-state index in [9.17, 15) is 0 Å². The van der Waals surface area contributed by atoms with Crippen molar-refractivity contribution >= 4 is 56.0 Å². The van der Waals surface area contributed by atoms with Crippen molar-refractivity contribution in [3.63, 3.8) is 0 Å². The van der Waals surface area contributed by atoms with Gasteiger partial charge in [0.2, 0.25) is 11.8 Å². The number of ether oxygens (including phenoxy) is 2. The second-order valence-electron chi connectivity index (χ2n) is 9.31. The lowest BCUT2D eigenvalue weighted by molar-refractivity contribution is -0.193. The van der Waals surface area contributed by atoms with Crippen molar-refractivity contribution in [3.05, 3.63) is 117 Å². The number of hydrogen-bond acceptors (Lipinski definition) is 12. The van der Waals surface area contributed by atoms with Crippen LogP contribution in [0, 0.1) is 13.8 Å². The summed E-state index contributed by atoms with van der Waals surface area (Å²) in [6.45, 7) is 3.87. The van der Waals surface area contributed by atoms with Gasteiger partial charge in [-0.2, -0.15) is 19.2 Å². The first kappa shape index (κ1) is 35.5. The lowest BCUT2D eigenvalue weighted by Crippen LogP contribution is -2.07. The van der Waals surface area contributed by atoms with E-state index in [1.807, 2.05) is 86.6 Å². The Morgan fingerprint density at radius 2 is 0.957 bits per heavy atom. The van der Waals surface area contributed by atoms with Gasteiger partial charge in [-0.05, 0) is 73.5 Å². The number of hydrogen-bond donors (Lipinski definition) is 0. The molecule has 2 aromatic heterocycles. The van der Waals surface area contributed by atoms with Crippen molar-refractivity contribution in [2.45, 2.75) is 38.9 Å². The van der Waals surface area contributed by atoms with E-state index in [1.165, 1.54) is 0 Å². The van der Waals surface area contributed by atoms with Crippen LogP contribution in [0.1, 0.15) is 47.6 Å². The molecule has 2 aliphatic heterocycles. The van der Waals surface area contributed by atoms with Crippen LogP contribution < -0.4 is 9.47 Å². The molecule has 14 heteroatoms. The monoisotopic (exact) mass is 752 g/mol. The van der Waals surface area contributed by atoms with Gasteiger partial charge in [0.05, 0.1) is 25.2 Å². The van der Waals surface area contributed by atoms with Crippen LogP contribution in [0.3, 0.4) is 0 Å². The van der Waals surface area contributed by atoms with Gasteiger partial charge in [-0.15, -0.1) is 0 Å². The number of rotatable bonds is 4. The number of halogens is 2. The Labute approximate surface area is 280 Å². The number of aromatic nitrogens is 2. The number of benzene rings is 2. The van der Waals surface area contributed by atoms with E-state index in [0.717, 1.165) is 31.5 Å². The van der Waals surface area contributed by atoms with Gasteiger partial charge >= 0.3 is 12.3 Å². The highest BCUT2D eigenvalue weighted by atomic mass is 79.9. The van der Waals surface area contributed by atoms with Gasteiger partial charge in [-0.1, -0.05) is 66.4 Å². The molecular weight excluding hydrogens is 728 g/mol. The van der Waals surface area contributed by atoms with Gasteiger partial charge in [-0.3, -0.25) is 9.97 Å². The van der Waals surface area contributed by atoms with E-state index in [0.29, 0.717) is 36.1 Å². The summed E-state index contributed by atoms with van der Waals surface area (Å²) < 4.78 is 13.4. The Morgan fingerprint density at radius 3 is 1.26 bits per heavy atom. The predicted molar refractivity (Wildman–Crippen MR) is 169 cm³/mol. The fourth-order valence-electron chi connectivity index (χ4n) is 3.85. The van der Waals surface area contributed by atoms with Crippen LogP contribution in [0.25, 0.3) is 0 Å². The fraction of sp³-hybridized carbons (Fsp3) is 0.188. The standard InChI is InChI=1S/2C15H13BrN2O2.2CO2/c2*1-10-2-7-13(9-17-10)19-15-8-14(20-18-15)11-3-5-12(16)6-4-11;2*2-1-3/h2*2-7,9,14H,8H2,1H3;;/t2*14-;;/m10../s1. The first-order valence-corrected chi connectivity index (χ1v) is 15.0. The summed E-state index contributed by atoms with van der Waals surface area (Å²) in [6, 6.07) is 23.6. The van der Waals surface area contributed by atoms with Crippen LogP contribution in [0.4, 0.5) is 0 Å². The smallest absolute Gasteiger partial charge is 0.373 e. The zero-order chi connectivity index (χ0) is 33.3. The van der Waals surface area contributed by atoms with Crippen molar-refractivity contribution in [1.82, 2.24) is 9.97 Å². The molecule has 6 rings (SSSR count). The quantitative estimate of drug-likeness (QED) is 0.216. The van der Waals surface area contributed by atoms with E-state index in [-0.39, 0.29) is 24.5 Å². The van der Waals surface area contributed by atoms with Gasteiger partial charge in [0, 0.05) is 20.3 Å². The molecule has 0 radical (unpaired) electrons. The van der Waals surface area contributed by atoms with Crippen molar-refractivity contribution in [3.8, 4) is 11.5 Å². The maximum absolute atomic E-state index is 8.12. The maximum atomic E-state index is 8.12. The lowest BCUT2D eigenvalue weighted by atomic mass is 10.1. The van der Waals surface area contributed by atoms with Crippen LogP contribution in [0.2, 0.25) is 0 Å².